The van der Waals surface area contributed by atoms with E-state index in [2.05, 4.69) is 39.8 Å². The zero-order valence-electron chi connectivity index (χ0n) is 16.9. The quantitative estimate of drug-likeness (QED) is 0.365. The van der Waals surface area contributed by atoms with E-state index >= 15 is 0 Å². The van der Waals surface area contributed by atoms with Crippen LogP contribution < -0.4 is 10.4 Å². The minimum Gasteiger partial charge on any atom is -0.496 e. The number of aryl methyl sites for hydroxylation is 1. The van der Waals surface area contributed by atoms with Crippen LogP contribution in [0.15, 0.2) is 70.6 Å². The maximum absolute atomic E-state index is 12.3. The molecule has 0 atom stereocenters. The van der Waals surface area contributed by atoms with Crippen molar-refractivity contribution in [3.05, 3.63) is 82.3 Å². The number of hydrogen-bond acceptors (Lipinski definition) is 6. The van der Waals surface area contributed by atoms with Crippen molar-refractivity contribution in [2.24, 2.45) is 12.2 Å². The summed E-state index contributed by atoms with van der Waals surface area (Å²) in [7, 11) is 3.10. The predicted molar refractivity (Wildman–Crippen MR) is 114 cm³/mol. The highest BCUT2D eigenvalue weighted by Crippen LogP contribution is 2.25. The van der Waals surface area contributed by atoms with Crippen molar-refractivity contribution in [3.8, 4) is 11.4 Å². The molecule has 0 radical (unpaired) electrons. The van der Waals surface area contributed by atoms with Gasteiger partial charge in [-0.1, -0.05) is 47.6 Å². The molecule has 8 heteroatoms. The van der Waals surface area contributed by atoms with Crippen LogP contribution in [0.25, 0.3) is 16.5 Å². The Kier molecular flexibility index (Phi) is 5.30. The summed E-state index contributed by atoms with van der Waals surface area (Å²) in [6.07, 6.45) is 0. The van der Waals surface area contributed by atoms with Gasteiger partial charge in [-0.25, -0.2) is 4.79 Å². The van der Waals surface area contributed by atoms with Crippen molar-refractivity contribution in [1.29, 1.82) is 0 Å². The lowest BCUT2D eigenvalue weighted by molar-refractivity contribution is 0.128. The molecule has 0 aliphatic heterocycles. The number of fused-ring (bicyclic) bond motifs is 1. The van der Waals surface area contributed by atoms with E-state index in [0.29, 0.717) is 17.0 Å². The summed E-state index contributed by atoms with van der Waals surface area (Å²) < 4.78 is 7.81. The molecule has 30 heavy (non-hydrogen) atoms. The maximum Gasteiger partial charge on any atom is 0.368 e. The standard InChI is InChI=1S/C22H21N5O3/c1-15(17-12-11-16-7-4-5-8-18(16)13-17)23-30-14-19-20(9-6-10-21(19)29-3)27-22(28)26(2)24-25-27/h4-13H,14H2,1-3H3. The van der Waals surface area contributed by atoms with Crippen LogP contribution >= 0.6 is 0 Å². The zero-order valence-corrected chi connectivity index (χ0v) is 16.9. The van der Waals surface area contributed by atoms with E-state index in [-0.39, 0.29) is 12.3 Å². The molecular formula is C22H21N5O3. The van der Waals surface area contributed by atoms with Gasteiger partial charge in [0.15, 0.2) is 0 Å². The number of nitrogens with zero attached hydrogens (tertiary/aromatic N) is 5. The van der Waals surface area contributed by atoms with E-state index in [1.54, 1.807) is 32.4 Å². The second-order valence-electron chi connectivity index (χ2n) is 6.77. The van der Waals surface area contributed by atoms with Gasteiger partial charge < -0.3 is 9.57 Å². The fraction of sp³-hybridized carbons (Fsp3) is 0.182. The Labute approximate surface area is 172 Å². The number of hydrogen-bond donors (Lipinski definition) is 0. The van der Waals surface area contributed by atoms with Gasteiger partial charge in [0.25, 0.3) is 0 Å². The second kappa shape index (κ2) is 8.20. The first-order valence-electron chi connectivity index (χ1n) is 9.39. The van der Waals surface area contributed by atoms with Crippen LogP contribution in [-0.4, -0.2) is 32.6 Å². The molecule has 152 valence electrons. The Balaban J connectivity index is 1.61. The summed E-state index contributed by atoms with van der Waals surface area (Å²) in [5.41, 5.74) is 2.54. The summed E-state index contributed by atoms with van der Waals surface area (Å²) in [6, 6.07) is 19.6. The number of ether oxygens (including phenoxy) is 1. The Morgan fingerprint density at radius 1 is 1.03 bits per heavy atom. The molecule has 0 spiro atoms. The highest BCUT2D eigenvalue weighted by Gasteiger charge is 2.16. The normalized spacial score (nSPS) is 11.6. The lowest BCUT2D eigenvalue weighted by Crippen LogP contribution is -2.23. The largest absolute Gasteiger partial charge is 0.496 e. The number of aromatic nitrogens is 4. The predicted octanol–water partition coefficient (Wildman–Crippen LogP) is 3.07. The van der Waals surface area contributed by atoms with Gasteiger partial charge in [0.1, 0.15) is 12.4 Å². The van der Waals surface area contributed by atoms with Crippen LogP contribution in [0.3, 0.4) is 0 Å². The van der Waals surface area contributed by atoms with Crippen molar-refractivity contribution in [3.63, 3.8) is 0 Å². The first-order chi connectivity index (χ1) is 14.6. The summed E-state index contributed by atoms with van der Waals surface area (Å²) in [6.45, 7) is 1.99. The van der Waals surface area contributed by atoms with Crippen LogP contribution in [-0.2, 0) is 18.5 Å². The summed E-state index contributed by atoms with van der Waals surface area (Å²) in [5, 5.41) is 14.3. The van der Waals surface area contributed by atoms with Crippen LogP contribution in [0.1, 0.15) is 18.1 Å². The molecule has 1 aromatic heterocycles. The third kappa shape index (κ3) is 3.67. The molecule has 0 aliphatic carbocycles. The highest BCUT2D eigenvalue weighted by molar-refractivity contribution is 6.01. The average Bonchev–Trinajstić information content (AvgIpc) is 3.11. The summed E-state index contributed by atoms with van der Waals surface area (Å²) in [4.78, 5) is 17.9. The Bertz CT molecular complexity index is 1290. The van der Waals surface area contributed by atoms with E-state index in [4.69, 9.17) is 9.57 Å². The van der Waals surface area contributed by atoms with E-state index in [1.165, 1.54) is 10.1 Å². The molecule has 0 bridgehead atoms. The third-order valence-corrected chi connectivity index (χ3v) is 4.86. The van der Waals surface area contributed by atoms with Gasteiger partial charge in [-0.15, -0.1) is 0 Å². The Morgan fingerprint density at radius 2 is 1.83 bits per heavy atom. The van der Waals surface area contributed by atoms with Gasteiger partial charge in [0.05, 0.1) is 24.1 Å². The molecule has 0 saturated carbocycles. The first kappa shape index (κ1) is 19.4. The van der Waals surface area contributed by atoms with Crippen LogP contribution in [0.5, 0.6) is 5.75 Å². The lowest BCUT2D eigenvalue weighted by Gasteiger charge is -2.12. The summed E-state index contributed by atoms with van der Waals surface area (Å²) in [5.74, 6) is 0.573. The number of benzene rings is 3. The van der Waals surface area contributed by atoms with E-state index in [9.17, 15) is 4.79 Å². The highest BCUT2D eigenvalue weighted by atomic mass is 16.6. The minimum atomic E-state index is -0.361. The fourth-order valence-electron chi connectivity index (χ4n) is 3.21. The average molecular weight is 403 g/mol. The van der Waals surface area contributed by atoms with Crippen LogP contribution in [0.2, 0.25) is 0 Å². The van der Waals surface area contributed by atoms with Crippen molar-refractivity contribution in [2.75, 3.05) is 7.11 Å². The van der Waals surface area contributed by atoms with Gasteiger partial charge in [-0.05, 0) is 51.9 Å². The third-order valence-electron chi connectivity index (χ3n) is 4.86. The summed E-state index contributed by atoms with van der Waals surface area (Å²) >= 11 is 0. The smallest absolute Gasteiger partial charge is 0.368 e. The molecule has 0 unspecified atom stereocenters. The molecule has 4 aromatic rings. The first-order valence-corrected chi connectivity index (χ1v) is 9.39. The molecule has 4 rings (SSSR count). The second-order valence-corrected chi connectivity index (χ2v) is 6.77. The topological polar surface area (TPSA) is 83.5 Å². The molecule has 0 N–H and O–H groups in total. The Hall–Kier alpha value is -3.94. The van der Waals surface area contributed by atoms with E-state index < -0.39 is 0 Å². The lowest BCUT2D eigenvalue weighted by atomic mass is 10.0. The molecule has 0 aliphatic rings. The number of oxime groups is 1. The van der Waals surface area contributed by atoms with Gasteiger partial charge in [0, 0.05) is 7.05 Å². The van der Waals surface area contributed by atoms with Crippen LogP contribution in [0, 0.1) is 0 Å². The van der Waals surface area contributed by atoms with Gasteiger partial charge in [-0.2, -0.15) is 9.36 Å². The fourth-order valence-corrected chi connectivity index (χ4v) is 3.21. The molecule has 8 nitrogen and oxygen atoms in total. The van der Waals surface area contributed by atoms with Crippen molar-refractivity contribution in [2.45, 2.75) is 13.5 Å². The van der Waals surface area contributed by atoms with E-state index in [1.807, 2.05) is 25.1 Å². The van der Waals surface area contributed by atoms with Crippen molar-refractivity contribution < 1.29 is 9.57 Å². The maximum atomic E-state index is 12.3. The molecule has 0 amide bonds. The number of rotatable bonds is 6. The molecular weight excluding hydrogens is 382 g/mol. The molecule has 3 aromatic carbocycles. The minimum absolute atomic E-state index is 0.104. The Morgan fingerprint density at radius 3 is 2.57 bits per heavy atom. The van der Waals surface area contributed by atoms with Crippen LogP contribution in [0.4, 0.5) is 0 Å². The van der Waals surface area contributed by atoms with Gasteiger partial charge in [0.2, 0.25) is 0 Å². The molecule has 0 fully saturated rings. The molecule has 1 heterocycles. The van der Waals surface area contributed by atoms with Crippen molar-refractivity contribution >= 4 is 16.5 Å². The SMILES string of the molecule is COc1cccc(-n2nnn(C)c2=O)c1CON=C(C)c1ccc2ccccc2c1. The van der Waals surface area contributed by atoms with Gasteiger partial charge >= 0.3 is 5.69 Å². The monoisotopic (exact) mass is 403 g/mol. The van der Waals surface area contributed by atoms with Crippen molar-refractivity contribution in [1.82, 2.24) is 19.8 Å². The number of tetrazole rings is 1. The van der Waals surface area contributed by atoms with E-state index in [0.717, 1.165) is 21.3 Å². The molecule has 0 saturated heterocycles. The zero-order chi connectivity index (χ0) is 21.1. The number of methoxy groups -OCH3 is 1. The van der Waals surface area contributed by atoms with Gasteiger partial charge in [-0.3, -0.25) is 0 Å².